The molecule has 0 unspecified atom stereocenters. The van der Waals surface area contributed by atoms with E-state index in [0.29, 0.717) is 22.3 Å². The van der Waals surface area contributed by atoms with E-state index in [-0.39, 0.29) is 20.7 Å². The van der Waals surface area contributed by atoms with Gasteiger partial charge in [-0.15, -0.1) is 0 Å². The Morgan fingerprint density at radius 2 is 1.96 bits per heavy atom. The average Bonchev–Trinajstić information content (AvgIpc) is 3.16. The second kappa shape index (κ2) is 7.76. The number of esters is 1. The van der Waals surface area contributed by atoms with Crippen LogP contribution in [-0.2, 0) is 4.79 Å². The molecule has 0 fully saturated rings. The SMILES string of the molecule is COc1cc2c(OC(C)=O)c(C)n(C(=O)c3ccc(OC(F)F)s3)c2cc1Cl. The first-order valence-corrected chi connectivity index (χ1v) is 9.08. The lowest BCUT2D eigenvalue weighted by atomic mass is 10.2. The van der Waals surface area contributed by atoms with Crippen molar-refractivity contribution < 1.29 is 32.6 Å². The van der Waals surface area contributed by atoms with E-state index < -0.39 is 18.5 Å². The van der Waals surface area contributed by atoms with E-state index in [4.69, 9.17) is 21.1 Å². The lowest BCUT2D eigenvalue weighted by Gasteiger charge is -2.07. The first kappa shape index (κ1) is 20.1. The molecule has 0 saturated heterocycles. The van der Waals surface area contributed by atoms with Gasteiger partial charge in [-0.3, -0.25) is 14.2 Å². The summed E-state index contributed by atoms with van der Waals surface area (Å²) >= 11 is 6.98. The number of hydrogen-bond donors (Lipinski definition) is 0. The molecule has 1 aromatic carbocycles. The minimum Gasteiger partial charge on any atom is -0.495 e. The molecule has 0 atom stereocenters. The largest absolute Gasteiger partial charge is 0.495 e. The summed E-state index contributed by atoms with van der Waals surface area (Å²) in [5.41, 5.74) is 0.735. The molecule has 6 nitrogen and oxygen atoms in total. The minimum absolute atomic E-state index is 0.0904. The maximum Gasteiger partial charge on any atom is 0.388 e. The number of nitrogens with zero attached hydrogens (tertiary/aromatic N) is 1. The van der Waals surface area contributed by atoms with E-state index in [1.54, 1.807) is 13.0 Å². The number of alkyl halides is 2. The Bertz CT molecular complexity index is 1080. The van der Waals surface area contributed by atoms with E-state index >= 15 is 0 Å². The normalized spacial score (nSPS) is 11.1. The molecule has 0 bridgehead atoms. The van der Waals surface area contributed by atoms with E-state index in [0.717, 1.165) is 11.3 Å². The smallest absolute Gasteiger partial charge is 0.388 e. The van der Waals surface area contributed by atoms with E-state index in [1.807, 2.05) is 0 Å². The molecule has 10 heteroatoms. The van der Waals surface area contributed by atoms with Crippen LogP contribution < -0.4 is 14.2 Å². The van der Waals surface area contributed by atoms with Gasteiger partial charge in [0.05, 0.1) is 28.2 Å². The number of aromatic nitrogens is 1. The van der Waals surface area contributed by atoms with Crippen molar-refractivity contribution in [2.45, 2.75) is 20.5 Å². The van der Waals surface area contributed by atoms with Gasteiger partial charge in [0, 0.05) is 12.3 Å². The van der Waals surface area contributed by atoms with Crippen molar-refractivity contribution >= 4 is 45.7 Å². The average molecular weight is 430 g/mol. The van der Waals surface area contributed by atoms with E-state index in [1.165, 1.54) is 36.8 Å². The number of hydrogen-bond acceptors (Lipinski definition) is 6. The summed E-state index contributed by atoms with van der Waals surface area (Å²) in [5.74, 6) is -0.536. The Kier molecular flexibility index (Phi) is 5.57. The molecule has 0 spiro atoms. The molecule has 3 rings (SSSR count). The number of halogens is 3. The van der Waals surface area contributed by atoms with Crippen molar-refractivity contribution in [2.24, 2.45) is 0 Å². The molecular weight excluding hydrogens is 416 g/mol. The second-order valence-electron chi connectivity index (χ2n) is 5.65. The lowest BCUT2D eigenvalue weighted by Crippen LogP contribution is -2.12. The Morgan fingerprint density at radius 1 is 1.25 bits per heavy atom. The standard InChI is InChI=1S/C18H14ClF2NO5S/c1-8-16(26-9(2)23)10-6-13(25-3)11(19)7-12(10)22(8)17(24)14-4-5-15(28-14)27-18(20)21/h4-7,18H,1-3H3. The second-order valence-corrected chi connectivity index (χ2v) is 7.10. The molecule has 0 N–H and O–H groups in total. The van der Waals surface area contributed by atoms with Gasteiger partial charge >= 0.3 is 12.6 Å². The zero-order valence-electron chi connectivity index (χ0n) is 14.9. The molecule has 0 aliphatic rings. The summed E-state index contributed by atoms with van der Waals surface area (Å²) in [7, 11) is 1.43. The zero-order chi connectivity index (χ0) is 20.6. The van der Waals surface area contributed by atoms with Crippen molar-refractivity contribution in [1.82, 2.24) is 4.57 Å². The van der Waals surface area contributed by atoms with Gasteiger partial charge < -0.3 is 14.2 Å². The molecule has 0 saturated carbocycles. The molecule has 3 aromatic rings. The van der Waals surface area contributed by atoms with Crippen LogP contribution >= 0.6 is 22.9 Å². The minimum atomic E-state index is -2.99. The maximum absolute atomic E-state index is 13.1. The summed E-state index contributed by atoms with van der Waals surface area (Å²) in [6, 6.07) is 5.74. The summed E-state index contributed by atoms with van der Waals surface area (Å²) < 4.78 is 40.9. The van der Waals surface area contributed by atoms with Crippen molar-refractivity contribution in [2.75, 3.05) is 7.11 Å². The van der Waals surface area contributed by atoms with Crippen LogP contribution in [0.1, 0.15) is 22.3 Å². The van der Waals surface area contributed by atoms with Crippen LogP contribution in [-0.4, -0.2) is 30.2 Å². The lowest BCUT2D eigenvalue weighted by molar-refractivity contribution is -0.131. The van der Waals surface area contributed by atoms with Crippen LogP contribution in [0.25, 0.3) is 10.9 Å². The Balaban J connectivity index is 2.18. The molecule has 2 heterocycles. The Morgan fingerprint density at radius 3 is 2.57 bits per heavy atom. The van der Waals surface area contributed by atoms with Crippen LogP contribution in [0.5, 0.6) is 16.6 Å². The van der Waals surface area contributed by atoms with Crippen molar-refractivity contribution in [1.29, 1.82) is 0 Å². The topological polar surface area (TPSA) is 66.8 Å². The number of methoxy groups -OCH3 is 1. The van der Waals surface area contributed by atoms with Crippen LogP contribution in [0.15, 0.2) is 24.3 Å². The fraction of sp³-hybridized carbons (Fsp3) is 0.222. The van der Waals surface area contributed by atoms with E-state index in [2.05, 4.69) is 4.74 Å². The molecule has 28 heavy (non-hydrogen) atoms. The monoisotopic (exact) mass is 429 g/mol. The van der Waals surface area contributed by atoms with Gasteiger partial charge in [-0.2, -0.15) is 8.78 Å². The predicted octanol–water partition coefficient (Wildman–Crippen LogP) is 4.89. The van der Waals surface area contributed by atoms with E-state index in [9.17, 15) is 18.4 Å². The van der Waals surface area contributed by atoms with Gasteiger partial charge in [-0.05, 0) is 31.2 Å². The number of rotatable bonds is 5. The first-order chi connectivity index (χ1) is 13.2. The molecule has 148 valence electrons. The highest BCUT2D eigenvalue weighted by Gasteiger charge is 2.25. The molecule has 0 radical (unpaired) electrons. The van der Waals surface area contributed by atoms with Crippen LogP contribution in [0.2, 0.25) is 5.02 Å². The first-order valence-electron chi connectivity index (χ1n) is 7.89. The quantitative estimate of drug-likeness (QED) is 0.540. The van der Waals surface area contributed by atoms with Gasteiger partial charge in [0.25, 0.3) is 5.91 Å². The Hall–Kier alpha value is -2.65. The fourth-order valence-electron chi connectivity index (χ4n) is 2.77. The molecule has 0 aliphatic heterocycles. The fourth-order valence-corrected chi connectivity index (χ4v) is 3.80. The number of benzene rings is 1. The van der Waals surface area contributed by atoms with Crippen LogP contribution in [0, 0.1) is 6.92 Å². The van der Waals surface area contributed by atoms with Crippen LogP contribution in [0.4, 0.5) is 8.78 Å². The number of carbonyl (C=O) groups is 2. The highest BCUT2D eigenvalue weighted by molar-refractivity contribution is 7.15. The predicted molar refractivity (Wildman–Crippen MR) is 100 cm³/mol. The molecular formula is C18H14ClF2NO5S. The van der Waals surface area contributed by atoms with Crippen molar-refractivity contribution in [3.05, 3.63) is 39.9 Å². The third kappa shape index (κ3) is 3.67. The Labute approximate surface area is 167 Å². The number of thiophene rings is 1. The summed E-state index contributed by atoms with van der Waals surface area (Å²) in [4.78, 5) is 24.8. The third-order valence-electron chi connectivity index (χ3n) is 3.87. The highest BCUT2D eigenvalue weighted by Crippen LogP contribution is 2.40. The maximum atomic E-state index is 13.1. The number of ether oxygens (including phenoxy) is 3. The molecule has 0 aliphatic carbocycles. The van der Waals surface area contributed by atoms with Gasteiger partial charge in [0.15, 0.2) is 10.8 Å². The van der Waals surface area contributed by atoms with Gasteiger partial charge in [-0.1, -0.05) is 22.9 Å². The van der Waals surface area contributed by atoms with Gasteiger partial charge in [-0.25, -0.2) is 0 Å². The summed E-state index contributed by atoms with van der Waals surface area (Å²) in [5, 5.41) is 0.610. The summed E-state index contributed by atoms with van der Waals surface area (Å²) in [6.45, 7) is -0.150. The molecule has 0 amide bonds. The van der Waals surface area contributed by atoms with Gasteiger partial charge in [0.2, 0.25) is 0 Å². The molecule has 2 aromatic heterocycles. The zero-order valence-corrected chi connectivity index (χ0v) is 16.5. The highest BCUT2D eigenvalue weighted by atomic mass is 35.5. The third-order valence-corrected chi connectivity index (χ3v) is 5.13. The van der Waals surface area contributed by atoms with Gasteiger partial charge in [0.1, 0.15) is 5.75 Å². The van der Waals surface area contributed by atoms with Crippen LogP contribution in [0.3, 0.4) is 0 Å². The summed E-state index contributed by atoms with van der Waals surface area (Å²) in [6.07, 6.45) is 0. The number of carbonyl (C=O) groups excluding carboxylic acids is 2. The number of fused-ring (bicyclic) bond motifs is 1. The van der Waals surface area contributed by atoms with Crippen molar-refractivity contribution in [3.63, 3.8) is 0 Å². The van der Waals surface area contributed by atoms with Crippen molar-refractivity contribution in [3.8, 4) is 16.6 Å².